The maximum atomic E-state index is 12.8. The molecule has 0 aliphatic heterocycles. The maximum Gasteiger partial charge on any atom is 0.303 e. The Balaban J connectivity index is 0.00000312. The van der Waals surface area contributed by atoms with Crippen molar-refractivity contribution in [1.82, 2.24) is 8.87 Å². The van der Waals surface area contributed by atoms with Gasteiger partial charge in [0.15, 0.2) is 6.21 Å². The molecule has 0 aliphatic carbocycles. The second-order valence-electron chi connectivity index (χ2n) is 5.42. The quantitative estimate of drug-likeness (QED) is 0.252. The van der Waals surface area contributed by atoms with Crippen molar-refractivity contribution in [1.29, 1.82) is 0 Å². The second kappa shape index (κ2) is 9.55. The summed E-state index contributed by atoms with van der Waals surface area (Å²) in [7, 11) is -1.69. The number of aryl methyl sites for hydroxylation is 1. The zero-order valence-electron chi connectivity index (χ0n) is 14.3. The fraction of sp³-hybridized carbons (Fsp3) is 0.375. The van der Waals surface area contributed by atoms with Crippen molar-refractivity contribution >= 4 is 16.2 Å². The number of hydrogen-bond donors (Lipinski definition) is 1. The molecule has 0 aliphatic rings. The van der Waals surface area contributed by atoms with Crippen LogP contribution in [0, 0.1) is 0 Å². The molecule has 0 fully saturated rings. The van der Waals surface area contributed by atoms with Gasteiger partial charge in [0.2, 0.25) is 10.0 Å². The van der Waals surface area contributed by atoms with Crippen LogP contribution < -0.4 is 17.0 Å². The Morgan fingerprint density at radius 2 is 1.96 bits per heavy atom. The number of benzene rings is 1. The van der Waals surface area contributed by atoms with Gasteiger partial charge < -0.3 is 17.6 Å². The Morgan fingerprint density at radius 3 is 2.56 bits per heavy atom. The normalized spacial score (nSPS) is 11.8. The molecule has 0 saturated carbocycles. The SMILES string of the molecule is CCCN(CCn1cc[n+](C)c1/C=N/O)S(=O)(=O)c1ccccc1.[Cl-]. The Morgan fingerprint density at radius 1 is 1.28 bits per heavy atom. The number of rotatable bonds is 8. The van der Waals surface area contributed by atoms with E-state index in [1.165, 1.54) is 10.5 Å². The Labute approximate surface area is 154 Å². The van der Waals surface area contributed by atoms with E-state index in [9.17, 15) is 8.42 Å². The number of imidazole rings is 1. The smallest absolute Gasteiger partial charge is 0.303 e. The summed E-state index contributed by atoms with van der Waals surface area (Å²) in [4.78, 5) is 0.300. The third-order valence-corrected chi connectivity index (χ3v) is 5.66. The summed E-state index contributed by atoms with van der Waals surface area (Å²) in [6.07, 6.45) is 5.72. The molecule has 2 rings (SSSR count). The first kappa shape index (κ1) is 21.1. The van der Waals surface area contributed by atoms with Crippen molar-refractivity contribution < 1.29 is 30.6 Å². The third kappa shape index (κ3) is 5.04. The lowest BCUT2D eigenvalue weighted by Gasteiger charge is -2.21. The molecule has 0 unspecified atom stereocenters. The van der Waals surface area contributed by atoms with Crippen molar-refractivity contribution in [2.24, 2.45) is 12.2 Å². The van der Waals surface area contributed by atoms with Crippen LogP contribution in [-0.4, -0.2) is 41.8 Å². The largest absolute Gasteiger partial charge is 1.00 e. The minimum absolute atomic E-state index is 0. The monoisotopic (exact) mass is 386 g/mol. The van der Waals surface area contributed by atoms with Gasteiger partial charge in [-0.15, -0.1) is 0 Å². The molecular weight excluding hydrogens is 364 g/mol. The molecule has 25 heavy (non-hydrogen) atoms. The van der Waals surface area contributed by atoms with Gasteiger partial charge in [0.1, 0.15) is 18.9 Å². The first-order valence-corrected chi connectivity index (χ1v) is 9.22. The number of aromatic nitrogens is 2. The molecule has 0 bridgehead atoms. The van der Waals surface area contributed by atoms with Crippen LogP contribution in [0.25, 0.3) is 0 Å². The molecule has 0 amide bonds. The molecule has 0 radical (unpaired) electrons. The minimum atomic E-state index is -3.52. The Hall–Kier alpha value is -1.90. The summed E-state index contributed by atoms with van der Waals surface area (Å²) in [6.45, 7) is 3.21. The standard InChI is InChI=1S/C16H22N4O3S.ClH/c1-3-9-20(24(22,23)15-7-5-4-6-8-15)13-12-19-11-10-18(2)16(19)14-17-21;/h4-8,10-11,14H,3,9,12-13H2,1-2H3;1H. The lowest BCUT2D eigenvalue weighted by atomic mass is 10.4. The molecule has 7 nitrogen and oxygen atoms in total. The van der Waals surface area contributed by atoms with Crippen molar-refractivity contribution in [3.8, 4) is 0 Å². The van der Waals surface area contributed by atoms with E-state index < -0.39 is 10.0 Å². The minimum Gasteiger partial charge on any atom is -1.00 e. The molecule has 1 aromatic heterocycles. The average Bonchev–Trinajstić information content (AvgIpc) is 2.93. The maximum absolute atomic E-state index is 12.8. The lowest BCUT2D eigenvalue weighted by Crippen LogP contribution is -3.00. The topological polar surface area (TPSA) is 78.8 Å². The van der Waals surface area contributed by atoms with Crippen LogP contribution in [0.15, 0.2) is 52.8 Å². The summed E-state index contributed by atoms with van der Waals surface area (Å²) in [5.74, 6) is 0.686. The Kier molecular flexibility index (Phi) is 8.08. The molecule has 0 spiro atoms. The van der Waals surface area contributed by atoms with E-state index in [1.54, 1.807) is 34.9 Å². The van der Waals surface area contributed by atoms with Crippen LogP contribution in [0.1, 0.15) is 19.2 Å². The molecule has 1 aromatic carbocycles. The van der Waals surface area contributed by atoms with E-state index in [0.29, 0.717) is 30.4 Å². The van der Waals surface area contributed by atoms with Crippen LogP contribution in [0.2, 0.25) is 0 Å². The highest BCUT2D eigenvalue weighted by Crippen LogP contribution is 2.15. The van der Waals surface area contributed by atoms with Crippen molar-refractivity contribution in [2.45, 2.75) is 24.8 Å². The number of halogens is 1. The number of sulfonamides is 1. The summed E-state index contributed by atoms with van der Waals surface area (Å²) >= 11 is 0. The predicted octanol–water partition coefficient (Wildman–Crippen LogP) is -1.77. The van der Waals surface area contributed by atoms with Gasteiger partial charge in [-0.3, -0.25) is 0 Å². The van der Waals surface area contributed by atoms with Gasteiger partial charge in [0.05, 0.1) is 18.5 Å². The van der Waals surface area contributed by atoms with Crippen molar-refractivity contribution in [3.63, 3.8) is 0 Å². The highest BCUT2D eigenvalue weighted by Gasteiger charge is 2.24. The zero-order valence-corrected chi connectivity index (χ0v) is 15.9. The van der Waals surface area contributed by atoms with E-state index in [0.717, 1.165) is 6.42 Å². The van der Waals surface area contributed by atoms with E-state index in [2.05, 4.69) is 5.16 Å². The van der Waals surface area contributed by atoms with Gasteiger partial charge in [0.25, 0.3) is 0 Å². The molecule has 1 heterocycles. The van der Waals surface area contributed by atoms with Gasteiger partial charge in [-0.25, -0.2) is 17.6 Å². The summed E-state index contributed by atoms with van der Waals surface area (Å²) in [5.41, 5.74) is 0. The van der Waals surface area contributed by atoms with E-state index in [1.807, 2.05) is 30.9 Å². The van der Waals surface area contributed by atoms with Crippen molar-refractivity contribution in [3.05, 3.63) is 48.5 Å². The highest BCUT2D eigenvalue weighted by molar-refractivity contribution is 7.89. The highest BCUT2D eigenvalue weighted by atomic mass is 35.5. The molecular formula is C16H23ClN4O3S. The second-order valence-corrected chi connectivity index (χ2v) is 7.36. The average molecular weight is 387 g/mol. The number of hydrogen-bond acceptors (Lipinski definition) is 4. The molecule has 9 heteroatoms. The van der Waals surface area contributed by atoms with Gasteiger partial charge in [-0.05, 0) is 18.6 Å². The fourth-order valence-corrected chi connectivity index (χ4v) is 4.05. The molecule has 0 atom stereocenters. The predicted molar refractivity (Wildman–Crippen MR) is 90.5 cm³/mol. The van der Waals surface area contributed by atoms with Gasteiger partial charge in [0, 0.05) is 6.54 Å². The van der Waals surface area contributed by atoms with Gasteiger partial charge >= 0.3 is 5.82 Å². The van der Waals surface area contributed by atoms with Crippen LogP contribution in [0.3, 0.4) is 0 Å². The molecule has 0 saturated heterocycles. The van der Waals surface area contributed by atoms with E-state index in [-0.39, 0.29) is 12.4 Å². The Bertz CT molecular complexity index is 791. The van der Waals surface area contributed by atoms with Crippen LogP contribution in [0.4, 0.5) is 0 Å². The van der Waals surface area contributed by atoms with Crippen LogP contribution >= 0.6 is 0 Å². The molecule has 2 aromatic rings. The van der Waals surface area contributed by atoms with Crippen LogP contribution in [0.5, 0.6) is 0 Å². The number of nitrogens with zero attached hydrogens (tertiary/aromatic N) is 4. The molecule has 138 valence electrons. The summed E-state index contributed by atoms with van der Waals surface area (Å²) < 4.78 is 30.7. The van der Waals surface area contributed by atoms with E-state index in [4.69, 9.17) is 5.21 Å². The summed E-state index contributed by atoms with van der Waals surface area (Å²) in [5, 5.41) is 11.8. The third-order valence-electron chi connectivity index (χ3n) is 3.74. The van der Waals surface area contributed by atoms with Crippen molar-refractivity contribution in [2.75, 3.05) is 13.1 Å². The van der Waals surface area contributed by atoms with Crippen LogP contribution in [-0.2, 0) is 23.6 Å². The fourth-order valence-electron chi connectivity index (χ4n) is 2.50. The number of oxime groups is 1. The van der Waals surface area contributed by atoms with Gasteiger partial charge in [-0.2, -0.15) is 4.31 Å². The van der Waals surface area contributed by atoms with E-state index >= 15 is 0 Å². The lowest BCUT2D eigenvalue weighted by molar-refractivity contribution is -0.671. The summed E-state index contributed by atoms with van der Waals surface area (Å²) in [6, 6.07) is 8.45. The zero-order chi connectivity index (χ0) is 17.6. The first-order chi connectivity index (χ1) is 11.5. The molecule has 1 N–H and O–H groups in total. The first-order valence-electron chi connectivity index (χ1n) is 7.78. The van der Waals surface area contributed by atoms with Gasteiger partial charge in [-0.1, -0.05) is 30.3 Å².